The van der Waals surface area contributed by atoms with Gasteiger partial charge in [-0.1, -0.05) is 36.4 Å². The fourth-order valence-corrected chi connectivity index (χ4v) is 2.31. The maximum atomic E-state index is 13.2. The Morgan fingerprint density at radius 3 is 2.29 bits per heavy atom. The number of hydrogen-bond donors (Lipinski definition) is 0. The Morgan fingerprint density at radius 2 is 1.52 bits per heavy atom. The number of para-hydroxylation sites is 1. The Balaban J connectivity index is 2.22. The van der Waals surface area contributed by atoms with Gasteiger partial charge in [-0.25, -0.2) is 0 Å². The van der Waals surface area contributed by atoms with Crippen molar-refractivity contribution in [2.24, 2.45) is 9.98 Å². The number of nitrogens with zero attached hydrogens (tertiary/aromatic N) is 2. The van der Waals surface area contributed by atoms with Crippen LogP contribution in [-0.4, -0.2) is 18.5 Å². The number of hydrogen-bond acceptors (Lipinski definition) is 2. The molecule has 3 rings (SSSR count). The van der Waals surface area contributed by atoms with Crippen LogP contribution in [0.2, 0.25) is 0 Å². The molecule has 0 bridgehead atoms. The van der Waals surface area contributed by atoms with Gasteiger partial charge in [-0.3, -0.25) is 9.98 Å². The maximum Gasteiger partial charge on any atom is 0.417 e. The molecular weight excluding hydrogens is 277 g/mol. The molecule has 0 fully saturated rings. The molecule has 0 aliphatic carbocycles. The van der Waals surface area contributed by atoms with E-state index in [1.54, 1.807) is 36.5 Å². The highest BCUT2D eigenvalue weighted by Crippen LogP contribution is 2.34. The van der Waals surface area contributed by atoms with Crippen molar-refractivity contribution >= 4 is 17.6 Å². The first-order chi connectivity index (χ1) is 10.1. The summed E-state index contributed by atoms with van der Waals surface area (Å²) in [6.07, 6.45) is -2.82. The van der Waals surface area contributed by atoms with Gasteiger partial charge in [0.2, 0.25) is 0 Å². The van der Waals surface area contributed by atoms with Crippen molar-refractivity contribution in [2.45, 2.75) is 6.18 Å². The van der Waals surface area contributed by atoms with Crippen LogP contribution < -0.4 is 0 Å². The van der Waals surface area contributed by atoms with Crippen molar-refractivity contribution < 1.29 is 13.2 Å². The second kappa shape index (κ2) is 5.16. The van der Waals surface area contributed by atoms with E-state index in [1.807, 2.05) is 0 Å². The number of alkyl halides is 3. The topological polar surface area (TPSA) is 24.7 Å². The summed E-state index contributed by atoms with van der Waals surface area (Å²) < 4.78 is 39.6. The van der Waals surface area contributed by atoms with Crippen LogP contribution in [0.3, 0.4) is 0 Å². The van der Waals surface area contributed by atoms with E-state index < -0.39 is 11.7 Å². The average Bonchev–Trinajstić information content (AvgIpc) is 2.68. The second-order valence-corrected chi connectivity index (χ2v) is 4.56. The highest BCUT2D eigenvalue weighted by molar-refractivity contribution is 6.17. The number of aliphatic imine (C=N–C) groups is 2. The summed E-state index contributed by atoms with van der Waals surface area (Å²) >= 11 is 0. The van der Waals surface area contributed by atoms with Gasteiger partial charge in [-0.2, -0.15) is 13.2 Å². The maximum absolute atomic E-state index is 13.2. The molecule has 0 amide bonds. The van der Waals surface area contributed by atoms with Gasteiger partial charge < -0.3 is 0 Å². The minimum Gasteiger partial charge on any atom is -0.278 e. The predicted octanol–water partition coefficient (Wildman–Crippen LogP) is 4.26. The van der Waals surface area contributed by atoms with E-state index in [9.17, 15) is 13.2 Å². The molecule has 0 aromatic heterocycles. The quantitative estimate of drug-likeness (QED) is 0.749. The van der Waals surface area contributed by atoms with Crippen LogP contribution >= 0.6 is 0 Å². The third-order valence-electron chi connectivity index (χ3n) is 3.21. The van der Waals surface area contributed by atoms with E-state index in [1.165, 1.54) is 12.1 Å². The van der Waals surface area contributed by atoms with Crippen LogP contribution in [0.4, 0.5) is 18.9 Å². The number of rotatable bonds is 1. The van der Waals surface area contributed by atoms with Gasteiger partial charge >= 0.3 is 6.18 Å². The molecule has 0 atom stereocenters. The van der Waals surface area contributed by atoms with Gasteiger partial charge in [0, 0.05) is 17.3 Å². The lowest BCUT2D eigenvalue weighted by molar-refractivity contribution is -0.137. The summed E-state index contributed by atoms with van der Waals surface area (Å²) in [4.78, 5) is 8.51. The van der Waals surface area contributed by atoms with Crippen molar-refractivity contribution in [1.82, 2.24) is 0 Å². The van der Waals surface area contributed by atoms with Gasteiger partial charge in [0.1, 0.15) is 0 Å². The lowest BCUT2D eigenvalue weighted by Crippen LogP contribution is -2.14. The Morgan fingerprint density at radius 1 is 0.857 bits per heavy atom. The lowest BCUT2D eigenvalue weighted by atomic mass is 9.96. The molecule has 1 aliphatic rings. The van der Waals surface area contributed by atoms with Crippen molar-refractivity contribution in [1.29, 1.82) is 0 Å². The van der Waals surface area contributed by atoms with Gasteiger partial charge in [-0.15, -0.1) is 0 Å². The summed E-state index contributed by atoms with van der Waals surface area (Å²) in [5.41, 5.74) is 0.980. The second-order valence-electron chi connectivity index (χ2n) is 4.56. The van der Waals surface area contributed by atoms with Crippen LogP contribution in [0.1, 0.15) is 16.7 Å². The molecule has 1 heterocycles. The summed E-state index contributed by atoms with van der Waals surface area (Å²) in [6.45, 7) is 0.260. The Kier molecular flexibility index (Phi) is 3.33. The molecule has 0 N–H and O–H groups in total. The molecule has 1 aliphatic heterocycles. The monoisotopic (exact) mass is 288 g/mol. The van der Waals surface area contributed by atoms with Gasteiger partial charge in [-0.05, 0) is 12.1 Å². The molecule has 0 spiro atoms. The Hall–Kier alpha value is -2.43. The molecule has 2 nitrogen and oxygen atoms in total. The molecule has 2 aromatic rings. The highest BCUT2D eigenvalue weighted by atomic mass is 19.4. The third kappa shape index (κ3) is 2.59. The minimum atomic E-state index is -4.42. The fraction of sp³-hybridized carbons (Fsp3) is 0.125. The average molecular weight is 288 g/mol. The number of fused-ring (bicyclic) bond motifs is 1. The van der Waals surface area contributed by atoms with Crippen molar-refractivity contribution in [2.75, 3.05) is 6.54 Å². The Labute approximate surface area is 119 Å². The predicted molar refractivity (Wildman–Crippen MR) is 76.5 cm³/mol. The molecule has 21 heavy (non-hydrogen) atoms. The number of benzene rings is 2. The fourth-order valence-electron chi connectivity index (χ4n) is 2.31. The molecule has 106 valence electrons. The molecule has 0 saturated heterocycles. The SMILES string of the molecule is FC(F)(F)c1ccccc1C1=NCC=Nc2ccccc21. The molecule has 0 saturated carbocycles. The zero-order chi connectivity index (χ0) is 14.9. The zero-order valence-corrected chi connectivity index (χ0v) is 10.9. The normalized spacial score (nSPS) is 14.3. The first-order valence-electron chi connectivity index (χ1n) is 6.40. The molecule has 0 radical (unpaired) electrons. The van der Waals surface area contributed by atoms with Gasteiger partial charge in [0.05, 0.1) is 23.5 Å². The summed E-state index contributed by atoms with van der Waals surface area (Å²) in [5, 5.41) is 0. The lowest BCUT2D eigenvalue weighted by Gasteiger charge is -2.15. The number of halogens is 3. The van der Waals surface area contributed by atoms with Crippen molar-refractivity contribution in [3.05, 3.63) is 65.2 Å². The molecule has 2 aromatic carbocycles. The highest BCUT2D eigenvalue weighted by Gasteiger charge is 2.34. The Bertz CT molecular complexity index is 730. The van der Waals surface area contributed by atoms with Crippen LogP contribution in [0, 0.1) is 0 Å². The van der Waals surface area contributed by atoms with E-state index in [2.05, 4.69) is 9.98 Å². The van der Waals surface area contributed by atoms with Gasteiger partial charge in [0.25, 0.3) is 0 Å². The van der Waals surface area contributed by atoms with E-state index in [-0.39, 0.29) is 12.1 Å². The molecule has 5 heteroatoms. The summed E-state index contributed by atoms with van der Waals surface area (Å²) in [6, 6.07) is 12.6. The van der Waals surface area contributed by atoms with E-state index in [0.29, 0.717) is 17.0 Å². The van der Waals surface area contributed by atoms with E-state index >= 15 is 0 Å². The van der Waals surface area contributed by atoms with Crippen LogP contribution in [0.5, 0.6) is 0 Å². The smallest absolute Gasteiger partial charge is 0.278 e. The first-order valence-corrected chi connectivity index (χ1v) is 6.40. The standard InChI is InChI=1S/C16H11F3N2/c17-16(18,19)13-7-3-1-5-11(13)15-12-6-2-4-8-14(12)20-9-10-21-15/h1-9H,10H2. The summed E-state index contributed by atoms with van der Waals surface area (Å²) in [7, 11) is 0. The van der Waals surface area contributed by atoms with Crippen LogP contribution in [0.25, 0.3) is 0 Å². The van der Waals surface area contributed by atoms with Crippen molar-refractivity contribution in [3.63, 3.8) is 0 Å². The largest absolute Gasteiger partial charge is 0.417 e. The third-order valence-corrected chi connectivity index (χ3v) is 3.21. The van der Waals surface area contributed by atoms with Crippen molar-refractivity contribution in [3.8, 4) is 0 Å². The zero-order valence-electron chi connectivity index (χ0n) is 10.9. The first kappa shape index (κ1) is 13.5. The minimum absolute atomic E-state index is 0.0861. The molecular formula is C16H11F3N2. The van der Waals surface area contributed by atoms with Crippen LogP contribution in [-0.2, 0) is 6.18 Å². The summed E-state index contributed by atoms with van der Waals surface area (Å²) in [5.74, 6) is 0. The van der Waals surface area contributed by atoms with E-state index in [4.69, 9.17) is 0 Å². The molecule has 0 unspecified atom stereocenters. The van der Waals surface area contributed by atoms with E-state index in [0.717, 1.165) is 6.07 Å². The van der Waals surface area contributed by atoms with Crippen LogP contribution in [0.15, 0.2) is 58.5 Å². The van der Waals surface area contributed by atoms with Gasteiger partial charge in [0.15, 0.2) is 0 Å².